The van der Waals surface area contributed by atoms with Crippen LogP contribution in [-0.4, -0.2) is 5.11 Å². The monoisotopic (exact) mass is 240 g/mol. The molecule has 13 heavy (non-hydrogen) atoms. The van der Waals surface area contributed by atoms with E-state index in [9.17, 15) is 5.11 Å². The molecule has 2 heteroatoms. The second kappa shape index (κ2) is 4.07. The van der Waals surface area contributed by atoms with E-state index in [1.54, 1.807) is 0 Å². The molecule has 1 rings (SSSR count). The molecule has 70 valence electrons. The molecule has 0 amide bonds. The minimum Gasteiger partial charge on any atom is -0.384 e. The summed E-state index contributed by atoms with van der Waals surface area (Å²) in [5.74, 6) is 0. The molecule has 0 aliphatic rings. The van der Waals surface area contributed by atoms with E-state index in [-0.39, 0.29) is 0 Å². The highest BCUT2D eigenvalue weighted by Gasteiger charge is 2.10. The number of hydrogen-bond acceptors (Lipinski definition) is 1. The van der Waals surface area contributed by atoms with E-state index in [1.807, 2.05) is 32.0 Å². The third-order valence-corrected chi connectivity index (χ3v) is 2.49. The van der Waals surface area contributed by atoms with Gasteiger partial charge in [0.15, 0.2) is 0 Å². The Labute approximate surface area is 87.2 Å². The first-order valence-electron chi connectivity index (χ1n) is 4.12. The van der Waals surface area contributed by atoms with E-state index < -0.39 is 6.10 Å². The Morgan fingerprint density at radius 3 is 2.62 bits per heavy atom. The van der Waals surface area contributed by atoms with Crippen molar-refractivity contribution in [3.63, 3.8) is 0 Å². The standard InChI is InChI=1S/C11H13BrO/c1-7(2)11(13)10-5-4-9(12)6-8(10)3/h4-6,11,13H,1H2,2-3H3. The molecule has 1 unspecified atom stereocenters. The smallest absolute Gasteiger partial charge is 0.0998 e. The third kappa shape index (κ3) is 2.42. The van der Waals surface area contributed by atoms with Crippen molar-refractivity contribution in [2.24, 2.45) is 0 Å². The fourth-order valence-electron chi connectivity index (χ4n) is 1.21. The zero-order valence-corrected chi connectivity index (χ0v) is 9.43. The van der Waals surface area contributed by atoms with Crippen LogP contribution in [0.4, 0.5) is 0 Å². The van der Waals surface area contributed by atoms with Gasteiger partial charge in [-0.3, -0.25) is 0 Å². The van der Waals surface area contributed by atoms with Crippen LogP contribution in [0.25, 0.3) is 0 Å². The van der Waals surface area contributed by atoms with Gasteiger partial charge in [-0.25, -0.2) is 0 Å². The number of aryl methyl sites for hydroxylation is 1. The summed E-state index contributed by atoms with van der Waals surface area (Å²) in [6.45, 7) is 7.54. The molecule has 0 aromatic heterocycles. The van der Waals surface area contributed by atoms with Crippen molar-refractivity contribution in [3.05, 3.63) is 46.0 Å². The number of halogens is 1. The maximum Gasteiger partial charge on any atom is 0.0998 e. The second-order valence-corrected chi connectivity index (χ2v) is 4.17. The van der Waals surface area contributed by atoms with Crippen LogP contribution in [0, 0.1) is 6.92 Å². The highest BCUT2D eigenvalue weighted by Crippen LogP contribution is 2.25. The van der Waals surface area contributed by atoms with Crippen molar-refractivity contribution in [1.29, 1.82) is 0 Å². The summed E-state index contributed by atoms with van der Waals surface area (Å²) in [5.41, 5.74) is 2.77. The summed E-state index contributed by atoms with van der Waals surface area (Å²) in [6.07, 6.45) is -0.548. The fourth-order valence-corrected chi connectivity index (χ4v) is 1.69. The van der Waals surface area contributed by atoms with Crippen molar-refractivity contribution in [2.75, 3.05) is 0 Å². The Hall–Kier alpha value is -0.600. The molecule has 1 N–H and O–H groups in total. The van der Waals surface area contributed by atoms with Crippen molar-refractivity contribution in [3.8, 4) is 0 Å². The molecule has 0 bridgehead atoms. The molecular weight excluding hydrogens is 228 g/mol. The number of hydrogen-bond donors (Lipinski definition) is 1. The SMILES string of the molecule is C=C(C)C(O)c1ccc(Br)cc1C. The molecule has 0 saturated carbocycles. The number of benzene rings is 1. The van der Waals surface area contributed by atoms with Gasteiger partial charge in [0, 0.05) is 4.47 Å². The summed E-state index contributed by atoms with van der Waals surface area (Å²) >= 11 is 3.38. The Morgan fingerprint density at radius 1 is 1.54 bits per heavy atom. The fraction of sp³-hybridized carbons (Fsp3) is 0.273. The normalized spacial score (nSPS) is 12.6. The zero-order chi connectivity index (χ0) is 10.0. The van der Waals surface area contributed by atoms with Crippen molar-refractivity contribution in [1.82, 2.24) is 0 Å². The van der Waals surface area contributed by atoms with Crippen molar-refractivity contribution in [2.45, 2.75) is 20.0 Å². The highest BCUT2D eigenvalue weighted by molar-refractivity contribution is 9.10. The first kappa shape index (κ1) is 10.5. The molecule has 1 nitrogen and oxygen atoms in total. The summed E-state index contributed by atoms with van der Waals surface area (Å²) in [6, 6.07) is 5.83. The lowest BCUT2D eigenvalue weighted by Gasteiger charge is -2.13. The topological polar surface area (TPSA) is 20.2 Å². The lowest BCUT2D eigenvalue weighted by atomic mass is 9.99. The Morgan fingerprint density at radius 2 is 2.15 bits per heavy atom. The number of aliphatic hydroxyl groups excluding tert-OH is 1. The van der Waals surface area contributed by atoms with Gasteiger partial charge in [0.1, 0.15) is 0 Å². The summed E-state index contributed by atoms with van der Waals surface area (Å²) in [4.78, 5) is 0. The van der Waals surface area contributed by atoms with Crippen LogP contribution >= 0.6 is 15.9 Å². The third-order valence-electron chi connectivity index (χ3n) is 1.99. The van der Waals surface area contributed by atoms with E-state index >= 15 is 0 Å². The first-order chi connectivity index (χ1) is 6.02. The van der Waals surface area contributed by atoms with E-state index in [2.05, 4.69) is 22.5 Å². The minimum atomic E-state index is -0.548. The average Bonchev–Trinajstić information content (AvgIpc) is 2.03. The lowest BCUT2D eigenvalue weighted by Crippen LogP contribution is -2.00. The van der Waals surface area contributed by atoms with E-state index in [0.717, 1.165) is 21.2 Å². The predicted octanol–water partition coefficient (Wildman–Crippen LogP) is 3.37. The van der Waals surface area contributed by atoms with E-state index in [4.69, 9.17) is 0 Å². The molecule has 0 radical (unpaired) electrons. The molecule has 1 aromatic rings. The largest absolute Gasteiger partial charge is 0.384 e. The maximum atomic E-state index is 9.75. The maximum absolute atomic E-state index is 9.75. The zero-order valence-electron chi connectivity index (χ0n) is 7.84. The molecule has 0 heterocycles. The quantitative estimate of drug-likeness (QED) is 0.787. The molecule has 0 aliphatic heterocycles. The van der Waals surface area contributed by atoms with Crippen LogP contribution in [0.15, 0.2) is 34.8 Å². The Kier molecular flexibility index (Phi) is 3.28. The van der Waals surface area contributed by atoms with Crippen LogP contribution in [0.2, 0.25) is 0 Å². The van der Waals surface area contributed by atoms with E-state index in [1.165, 1.54) is 0 Å². The Bertz CT molecular complexity index is 331. The van der Waals surface area contributed by atoms with Crippen LogP contribution in [0.5, 0.6) is 0 Å². The van der Waals surface area contributed by atoms with Gasteiger partial charge in [0.05, 0.1) is 6.10 Å². The number of rotatable bonds is 2. The molecule has 1 aromatic carbocycles. The summed E-state index contributed by atoms with van der Waals surface area (Å²) < 4.78 is 1.03. The van der Waals surface area contributed by atoms with Gasteiger partial charge in [0.25, 0.3) is 0 Å². The van der Waals surface area contributed by atoms with Gasteiger partial charge < -0.3 is 5.11 Å². The van der Waals surface area contributed by atoms with Gasteiger partial charge in [-0.2, -0.15) is 0 Å². The second-order valence-electron chi connectivity index (χ2n) is 3.25. The van der Waals surface area contributed by atoms with Gasteiger partial charge in [-0.05, 0) is 42.7 Å². The van der Waals surface area contributed by atoms with Crippen molar-refractivity contribution < 1.29 is 5.11 Å². The van der Waals surface area contributed by atoms with Gasteiger partial charge in [-0.1, -0.05) is 28.6 Å². The summed E-state index contributed by atoms with van der Waals surface area (Å²) in [5, 5.41) is 9.75. The Balaban J connectivity index is 3.08. The van der Waals surface area contributed by atoms with Crippen LogP contribution in [-0.2, 0) is 0 Å². The van der Waals surface area contributed by atoms with Gasteiger partial charge >= 0.3 is 0 Å². The average molecular weight is 241 g/mol. The van der Waals surface area contributed by atoms with Crippen LogP contribution in [0.1, 0.15) is 24.2 Å². The molecule has 0 aliphatic carbocycles. The molecular formula is C11H13BrO. The first-order valence-corrected chi connectivity index (χ1v) is 4.91. The van der Waals surface area contributed by atoms with E-state index in [0.29, 0.717) is 0 Å². The minimum absolute atomic E-state index is 0.548. The molecule has 0 fully saturated rings. The number of aliphatic hydroxyl groups is 1. The van der Waals surface area contributed by atoms with Gasteiger partial charge in [-0.15, -0.1) is 0 Å². The predicted molar refractivity (Wildman–Crippen MR) is 58.7 cm³/mol. The molecule has 0 saturated heterocycles. The van der Waals surface area contributed by atoms with Crippen LogP contribution in [0.3, 0.4) is 0 Å². The highest BCUT2D eigenvalue weighted by atomic mass is 79.9. The van der Waals surface area contributed by atoms with Gasteiger partial charge in [0.2, 0.25) is 0 Å². The van der Waals surface area contributed by atoms with Crippen LogP contribution < -0.4 is 0 Å². The molecule has 1 atom stereocenters. The lowest BCUT2D eigenvalue weighted by molar-refractivity contribution is 0.215. The molecule has 0 spiro atoms. The van der Waals surface area contributed by atoms with Crippen molar-refractivity contribution >= 4 is 15.9 Å². The summed E-state index contributed by atoms with van der Waals surface area (Å²) in [7, 11) is 0.